The minimum absolute atomic E-state index is 0.241. The van der Waals surface area contributed by atoms with Crippen LogP contribution in [0, 0.1) is 0 Å². The van der Waals surface area contributed by atoms with Crippen molar-refractivity contribution >= 4 is 10.9 Å². The number of benzene rings is 2. The lowest BCUT2D eigenvalue weighted by molar-refractivity contribution is 0.0143. The van der Waals surface area contributed by atoms with Crippen molar-refractivity contribution in [1.29, 1.82) is 0 Å². The molecule has 0 amide bonds. The Hall–Kier alpha value is -2.30. The highest BCUT2D eigenvalue weighted by Crippen LogP contribution is 2.27. The Morgan fingerprint density at radius 3 is 2.54 bits per heavy atom. The van der Waals surface area contributed by atoms with Crippen LogP contribution in [0.25, 0.3) is 22.2 Å². The van der Waals surface area contributed by atoms with Crippen LogP contribution in [0.2, 0.25) is 0 Å². The largest absolute Gasteiger partial charge is 0.376 e. The third kappa shape index (κ3) is 3.78. The molecule has 0 aliphatic heterocycles. The fourth-order valence-electron chi connectivity index (χ4n) is 2.74. The van der Waals surface area contributed by atoms with Crippen LogP contribution < -0.4 is 5.84 Å². The van der Waals surface area contributed by atoms with E-state index in [0.717, 1.165) is 27.7 Å². The van der Waals surface area contributed by atoms with Gasteiger partial charge in [-0.05, 0) is 37.6 Å². The maximum absolute atomic E-state index is 6.26. The molecule has 0 atom stereocenters. The fraction of sp³-hybridized carbons (Fsp3) is 0.300. The van der Waals surface area contributed by atoms with Crippen molar-refractivity contribution in [2.45, 2.75) is 26.6 Å². The van der Waals surface area contributed by atoms with Gasteiger partial charge >= 0.3 is 0 Å². The summed E-state index contributed by atoms with van der Waals surface area (Å²) in [5.41, 5.74) is 4.27. The lowest BCUT2D eigenvalue weighted by Gasteiger charge is -2.08. The standard InChI is InChI=1S/C20H24N2O2/c1-15(2)24-11-10-23-14-16-8-9-19-18(12-16)13-20(22(19)21)17-6-4-3-5-7-17/h3-9,12-13,15H,10-11,14,21H2,1-2H3. The van der Waals surface area contributed by atoms with Gasteiger partial charge in [0.05, 0.1) is 37.1 Å². The number of ether oxygens (including phenoxy) is 2. The van der Waals surface area contributed by atoms with E-state index in [1.807, 2.05) is 38.1 Å². The van der Waals surface area contributed by atoms with E-state index < -0.39 is 0 Å². The molecule has 0 saturated heterocycles. The van der Waals surface area contributed by atoms with E-state index in [4.69, 9.17) is 15.3 Å². The highest BCUT2D eigenvalue weighted by atomic mass is 16.5. The molecule has 0 saturated carbocycles. The van der Waals surface area contributed by atoms with Gasteiger partial charge in [-0.2, -0.15) is 0 Å². The predicted molar refractivity (Wildman–Crippen MR) is 98.3 cm³/mol. The van der Waals surface area contributed by atoms with Gasteiger partial charge in [-0.25, -0.2) is 0 Å². The molecule has 0 bridgehead atoms. The van der Waals surface area contributed by atoms with Crippen molar-refractivity contribution in [3.63, 3.8) is 0 Å². The third-order valence-corrected chi connectivity index (χ3v) is 3.92. The Morgan fingerprint density at radius 1 is 1.00 bits per heavy atom. The first-order chi connectivity index (χ1) is 11.6. The third-order valence-electron chi connectivity index (χ3n) is 3.92. The molecule has 126 valence electrons. The average Bonchev–Trinajstić information content (AvgIpc) is 2.91. The number of rotatable bonds is 7. The number of nitrogens with two attached hydrogens (primary N) is 1. The van der Waals surface area contributed by atoms with Gasteiger partial charge in [-0.1, -0.05) is 36.4 Å². The van der Waals surface area contributed by atoms with E-state index in [-0.39, 0.29) is 6.10 Å². The second kappa shape index (κ2) is 7.51. The summed E-state index contributed by atoms with van der Waals surface area (Å²) in [5.74, 6) is 6.26. The quantitative estimate of drug-likeness (QED) is 0.528. The fourth-order valence-corrected chi connectivity index (χ4v) is 2.74. The summed E-state index contributed by atoms with van der Waals surface area (Å²) in [6, 6.07) is 18.5. The first kappa shape index (κ1) is 16.6. The zero-order chi connectivity index (χ0) is 16.9. The molecule has 2 aromatic carbocycles. The zero-order valence-electron chi connectivity index (χ0n) is 14.2. The average molecular weight is 324 g/mol. The summed E-state index contributed by atoms with van der Waals surface area (Å²) in [7, 11) is 0. The van der Waals surface area contributed by atoms with E-state index in [1.165, 1.54) is 0 Å². The van der Waals surface area contributed by atoms with Crippen LogP contribution in [0.4, 0.5) is 0 Å². The molecule has 3 rings (SSSR count). The molecule has 0 aliphatic carbocycles. The number of aromatic nitrogens is 1. The molecular weight excluding hydrogens is 300 g/mol. The Bertz CT molecular complexity index is 794. The summed E-state index contributed by atoms with van der Waals surface area (Å²) >= 11 is 0. The van der Waals surface area contributed by atoms with E-state index in [0.29, 0.717) is 19.8 Å². The summed E-state index contributed by atoms with van der Waals surface area (Å²) < 4.78 is 12.9. The first-order valence-electron chi connectivity index (χ1n) is 8.29. The highest BCUT2D eigenvalue weighted by Gasteiger charge is 2.09. The topological polar surface area (TPSA) is 49.4 Å². The van der Waals surface area contributed by atoms with Crippen molar-refractivity contribution < 1.29 is 9.47 Å². The van der Waals surface area contributed by atoms with Crippen LogP contribution in [0.3, 0.4) is 0 Å². The van der Waals surface area contributed by atoms with Crippen molar-refractivity contribution in [3.05, 3.63) is 60.2 Å². The molecule has 0 unspecified atom stereocenters. The van der Waals surface area contributed by atoms with Gasteiger partial charge in [0, 0.05) is 10.9 Å². The van der Waals surface area contributed by atoms with Gasteiger partial charge in [0.1, 0.15) is 0 Å². The van der Waals surface area contributed by atoms with Crippen molar-refractivity contribution in [2.75, 3.05) is 19.1 Å². The number of hydrogen-bond donors (Lipinski definition) is 1. The van der Waals surface area contributed by atoms with Crippen LogP contribution in [-0.4, -0.2) is 24.0 Å². The molecule has 24 heavy (non-hydrogen) atoms. The van der Waals surface area contributed by atoms with Crippen LogP contribution in [-0.2, 0) is 16.1 Å². The van der Waals surface area contributed by atoms with Gasteiger partial charge in [0.15, 0.2) is 0 Å². The lowest BCUT2D eigenvalue weighted by Crippen LogP contribution is -2.10. The Balaban J connectivity index is 1.72. The monoisotopic (exact) mass is 324 g/mol. The normalized spacial score (nSPS) is 11.5. The number of fused-ring (bicyclic) bond motifs is 1. The molecule has 0 aliphatic rings. The summed E-state index contributed by atoms with van der Waals surface area (Å²) in [5, 5.41) is 1.12. The number of nitrogens with zero attached hydrogens (tertiary/aromatic N) is 1. The Labute approximate surface area is 142 Å². The van der Waals surface area contributed by atoms with Gasteiger partial charge in [-0.3, -0.25) is 4.68 Å². The van der Waals surface area contributed by atoms with Gasteiger partial charge in [-0.15, -0.1) is 0 Å². The smallest absolute Gasteiger partial charge is 0.0718 e. The number of hydrogen-bond acceptors (Lipinski definition) is 3. The molecule has 0 radical (unpaired) electrons. The molecule has 2 N–H and O–H groups in total. The second-order valence-electron chi connectivity index (χ2n) is 6.13. The summed E-state index contributed by atoms with van der Waals surface area (Å²) in [6.45, 7) is 5.85. The highest BCUT2D eigenvalue weighted by molar-refractivity contribution is 5.87. The Kier molecular flexibility index (Phi) is 5.18. The molecule has 0 spiro atoms. The molecular formula is C20H24N2O2. The molecule has 0 fully saturated rings. The van der Waals surface area contributed by atoms with Crippen molar-refractivity contribution in [3.8, 4) is 11.3 Å². The van der Waals surface area contributed by atoms with E-state index in [2.05, 4.69) is 30.3 Å². The first-order valence-corrected chi connectivity index (χ1v) is 8.29. The maximum atomic E-state index is 6.26. The zero-order valence-corrected chi connectivity index (χ0v) is 14.2. The molecule has 1 heterocycles. The van der Waals surface area contributed by atoms with Crippen LogP contribution in [0.1, 0.15) is 19.4 Å². The van der Waals surface area contributed by atoms with E-state index >= 15 is 0 Å². The van der Waals surface area contributed by atoms with Gasteiger partial charge in [0.2, 0.25) is 0 Å². The van der Waals surface area contributed by atoms with Crippen LogP contribution in [0.15, 0.2) is 54.6 Å². The van der Waals surface area contributed by atoms with E-state index in [9.17, 15) is 0 Å². The molecule has 4 nitrogen and oxygen atoms in total. The maximum Gasteiger partial charge on any atom is 0.0718 e. The van der Waals surface area contributed by atoms with Crippen molar-refractivity contribution in [1.82, 2.24) is 4.68 Å². The van der Waals surface area contributed by atoms with Crippen LogP contribution in [0.5, 0.6) is 0 Å². The van der Waals surface area contributed by atoms with Crippen LogP contribution >= 0.6 is 0 Å². The minimum Gasteiger partial charge on any atom is -0.376 e. The SMILES string of the molecule is CC(C)OCCOCc1ccc2c(c1)cc(-c1ccccc1)n2N. The van der Waals surface area contributed by atoms with Crippen molar-refractivity contribution in [2.24, 2.45) is 0 Å². The number of nitrogen functional groups attached to an aromatic ring is 1. The summed E-state index contributed by atoms with van der Waals surface area (Å²) in [6.07, 6.45) is 0.241. The second-order valence-corrected chi connectivity index (χ2v) is 6.13. The Morgan fingerprint density at radius 2 is 1.79 bits per heavy atom. The van der Waals surface area contributed by atoms with Gasteiger partial charge in [0.25, 0.3) is 0 Å². The van der Waals surface area contributed by atoms with Gasteiger partial charge < -0.3 is 15.3 Å². The molecule has 1 aromatic heterocycles. The molecule has 3 aromatic rings. The van der Waals surface area contributed by atoms with E-state index in [1.54, 1.807) is 4.68 Å². The minimum atomic E-state index is 0.241. The lowest BCUT2D eigenvalue weighted by atomic mass is 10.1. The summed E-state index contributed by atoms with van der Waals surface area (Å²) in [4.78, 5) is 0. The predicted octanol–water partition coefficient (Wildman–Crippen LogP) is 3.96. The molecule has 4 heteroatoms.